The maximum Gasteiger partial charge on any atom is 0.243 e. The number of aromatic amines is 1. The quantitative estimate of drug-likeness (QED) is 0.498. The van der Waals surface area contributed by atoms with Crippen LogP contribution in [0.2, 0.25) is 0 Å². The zero-order valence-electron chi connectivity index (χ0n) is 17.9. The first-order valence-electron chi connectivity index (χ1n) is 10.6. The van der Waals surface area contributed by atoms with Gasteiger partial charge < -0.3 is 15.1 Å². The van der Waals surface area contributed by atoms with Crippen LogP contribution < -0.4 is 5.32 Å². The van der Waals surface area contributed by atoms with Gasteiger partial charge in [-0.25, -0.2) is 9.98 Å². The standard InChI is InChI=1S/C20H37N7O/c1-5-7-8-16(6-2)13-21-20(22-14-18(28)26(3)4)27-11-9-17(10-12-27)19-23-15-24-25-19/h15-17H,5-14H2,1-4H3,(H,21,22)(H,23,24,25). The summed E-state index contributed by atoms with van der Waals surface area (Å²) < 4.78 is 0. The highest BCUT2D eigenvalue weighted by atomic mass is 16.2. The highest BCUT2D eigenvalue weighted by molar-refractivity contribution is 5.84. The van der Waals surface area contributed by atoms with Crippen LogP contribution in [0.1, 0.15) is 64.1 Å². The number of likely N-dealkylation sites (tertiary alicyclic amines) is 1. The predicted octanol–water partition coefficient (Wildman–Crippen LogP) is 2.23. The molecule has 1 fully saturated rings. The van der Waals surface area contributed by atoms with E-state index in [1.807, 2.05) is 0 Å². The summed E-state index contributed by atoms with van der Waals surface area (Å²) in [6.45, 7) is 7.38. The zero-order chi connectivity index (χ0) is 20.4. The van der Waals surface area contributed by atoms with Gasteiger partial charge in [-0.2, -0.15) is 5.10 Å². The Kier molecular flexibility index (Phi) is 9.23. The number of aliphatic imine (C=N–C) groups is 1. The molecule has 8 nitrogen and oxygen atoms in total. The molecular weight excluding hydrogens is 354 g/mol. The minimum Gasteiger partial charge on any atom is -0.356 e. The molecular formula is C20H37N7O. The number of unbranched alkanes of at least 4 members (excludes halogenated alkanes) is 1. The van der Waals surface area contributed by atoms with Crippen molar-refractivity contribution in [3.63, 3.8) is 0 Å². The molecule has 8 heteroatoms. The van der Waals surface area contributed by atoms with Gasteiger partial charge in [0.15, 0.2) is 5.96 Å². The second-order valence-corrected chi connectivity index (χ2v) is 7.86. The number of carbonyl (C=O) groups is 1. The third-order valence-electron chi connectivity index (χ3n) is 5.57. The second kappa shape index (κ2) is 11.7. The molecule has 1 saturated heterocycles. The van der Waals surface area contributed by atoms with Crippen LogP contribution in [0.4, 0.5) is 0 Å². The van der Waals surface area contributed by atoms with Crippen LogP contribution >= 0.6 is 0 Å². The normalized spacial score (nSPS) is 16.9. The van der Waals surface area contributed by atoms with E-state index in [9.17, 15) is 4.79 Å². The fraction of sp³-hybridized carbons (Fsp3) is 0.800. The lowest BCUT2D eigenvalue weighted by molar-refractivity contribution is -0.127. The summed E-state index contributed by atoms with van der Waals surface area (Å²) in [7, 11) is 3.54. The van der Waals surface area contributed by atoms with E-state index in [1.54, 1.807) is 25.3 Å². The Labute approximate surface area is 169 Å². The number of piperidine rings is 1. The lowest BCUT2D eigenvalue weighted by Crippen LogP contribution is -2.47. The van der Waals surface area contributed by atoms with E-state index in [2.05, 4.69) is 44.2 Å². The number of guanidine groups is 1. The molecule has 0 aliphatic carbocycles. The summed E-state index contributed by atoms with van der Waals surface area (Å²) in [5, 5.41) is 10.5. The highest BCUT2D eigenvalue weighted by Gasteiger charge is 2.25. The van der Waals surface area contributed by atoms with Crippen LogP contribution in [0, 0.1) is 5.92 Å². The maximum atomic E-state index is 12.0. The molecule has 0 bridgehead atoms. The maximum absolute atomic E-state index is 12.0. The van der Waals surface area contributed by atoms with E-state index in [0.717, 1.165) is 50.7 Å². The molecule has 2 N–H and O–H groups in total. The van der Waals surface area contributed by atoms with Gasteiger partial charge in [0.2, 0.25) is 5.91 Å². The Balaban J connectivity index is 1.97. The molecule has 1 aliphatic heterocycles. The molecule has 0 saturated carbocycles. The minimum atomic E-state index is 0.0221. The van der Waals surface area contributed by atoms with E-state index in [-0.39, 0.29) is 12.5 Å². The first-order chi connectivity index (χ1) is 13.5. The number of aromatic nitrogens is 3. The lowest BCUT2D eigenvalue weighted by atomic mass is 9.96. The Bertz CT molecular complexity index is 592. The van der Waals surface area contributed by atoms with Crippen LogP contribution in [0.3, 0.4) is 0 Å². The van der Waals surface area contributed by atoms with E-state index in [0.29, 0.717) is 11.8 Å². The lowest BCUT2D eigenvalue weighted by Gasteiger charge is -2.34. The topological polar surface area (TPSA) is 89.5 Å². The van der Waals surface area contributed by atoms with Crippen molar-refractivity contribution in [1.82, 2.24) is 30.3 Å². The van der Waals surface area contributed by atoms with Gasteiger partial charge in [-0.1, -0.05) is 33.1 Å². The monoisotopic (exact) mass is 391 g/mol. The van der Waals surface area contributed by atoms with Gasteiger partial charge in [0.25, 0.3) is 0 Å². The third-order valence-corrected chi connectivity index (χ3v) is 5.57. The van der Waals surface area contributed by atoms with Crippen LogP contribution in [0.25, 0.3) is 0 Å². The summed E-state index contributed by atoms with van der Waals surface area (Å²) in [5.41, 5.74) is 0. The van der Waals surface area contributed by atoms with Crippen molar-refractivity contribution < 1.29 is 4.79 Å². The van der Waals surface area contributed by atoms with E-state index >= 15 is 0 Å². The molecule has 1 unspecified atom stereocenters. The largest absolute Gasteiger partial charge is 0.356 e. The highest BCUT2D eigenvalue weighted by Crippen LogP contribution is 2.25. The molecule has 1 aromatic heterocycles. The molecule has 0 radical (unpaired) electrons. The fourth-order valence-corrected chi connectivity index (χ4v) is 3.51. The van der Waals surface area contributed by atoms with Gasteiger partial charge in [-0.05, 0) is 25.2 Å². The predicted molar refractivity (Wildman–Crippen MR) is 112 cm³/mol. The van der Waals surface area contributed by atoms with Crippen LogP contribution in [0.5, 0.6) is 0 Å². The van der Waals surface area contributed by atoms with Crippen molar-refractivity contribution in [3.05, 3.63) is 12.2 Å². The minimum absolute atomic E-state index is 0.0221. The van der Waals surface area contributed by atoms with Gasteiger partial charge in [-0.15, -0.1) is 0 Å². The molecule has 0 spiro atoms. The Morgan fingerprint density at radius 2 is 2.14 bits per heavy atom. The van der Waals surface area contributed by atoms with Crippen molar-refractivity contribution in [2.24, 2.45) is 10.9 Å². The average molecular weight is 392 g/mol. The summed E-state index contributed by atoms with van der Waals surface area (Å²) in [5.74, 6) is 2.91. The molecule has 1 aliphatic rings. The average Bonchev–Trinajstić information content (AvgIpc) is 3.25. The number of amides is 1. The molecule has 0 aromatic carbocycles. The Morgan fingerprint density at radius 3 is 2.71 bits per heavy atom. The fourth-order valence-electron chi connectivity index (χ4n) is 3.51. The Hall–Kier alpha value is -2.12. The second-order valence-electron chi connectivity index (χ2n) is 7.86. The SMILES string of the molecule is CCCCC(CC)CNC(=NCC(=O)N(C)C)N1CCC(c2ncn[nH]2)CC1. The molecule has 28 heavy (non-hydrogen) atoms. The first-order valence-corrected chi connectivity index (χ1v) is 10.6. The number of rotatable bonds is 9. The van der Waals surface area contributed by atoms with Gasteiger partial charge in [0.05, 0.1) is 0 Å². The number of nitrogens with one attached hydrogen (secondary N) is 2. The van der Waals surface area contributed by atoms with Crippen LogP contribution in [-0.2, 0) is 4.79 Å². The smallest absolute Gasteiger partial charge is 0.243 e. The van der Waals surface area contributed by atoms with Crippen LogP contribution in [-0.4, -0.2) is 77.1 Å². The summed E-state index contributed by atoms with van der Waals surface area (Å²) >= 11 is 0. The molecule has 1 amide bonds. The van der Waals surface area contributed by atoms with Crippen molar-refractivity contribution in [2.75, 3.05) is 40.3 Å². The molecule has 2 heterocycles. The third kappa shape index (κ3) is 6.80. The summed E-state index contributed by atoms with van der Waals surface area (Å²) in [6.07, 6.45) is 8.46. The molecule has 1 atom stereocenters. The van der Waals surface area contributed by atoms with Gasteiger partial charge >= 0.3 is 0 Å². The van der Waals surface area contributed by atoms with Crippen LogP contribution in [0.15, 0.2) is 11.3 Å². The first kappa shape index (κ1) is 22.2. The molecule has 158 valence electrons. The van der Waals surface area contributed by atoms with E-state index < -0.39 is 0 Å². The van der Waals surface area contributed by atoms with Crippen molar-refractivity contribution in [1.29, 1.82) is 0 Å². The number of hydrogen-bond acceptors (Lipinski definition) is 4. The van der Waals surface area contributed by atoms with Crippen molar-refractivity contribution >= 4 is 11.9 Å². The van der Waals surface area contributed by atoms with E-state index in [1.165, 1.54) is 19.3 Å². The Morgan fingerprint density at radius 1 is 1.39 bits per heavy atom. The number of likely N-dealkylation sites (N-methyl/N-ethyl adjacent to an activating group) is 1. The number of hydrogen-bond donors (Lipinski definition) is 2. The molecule has 2 rings (SSSR count). The number of carbonyl (C=O) groups excluding carboxylic acids is 1. The zero-order valence-corrected chi connectivity index (χ0v) is 17.9. The van der Waals surface area contributed by atoms with E-state index in [4.69, 9.17) is 0 Å². The number of nitrogens with zero attached hydrogens (tertiary/aromatic N) is 5. The van der Waals surface area contributed by atoms with Crippen molar-refractivity contribution in [3.8, 4) is 0 Å². The molecule has 1 aromatic rings. The number of H-pyrrole nitrogens is 1. The summed E-state index contributed by atoms with van der Waals surface area (Å²) in [6, 6.07) is 0. The van der Waals surface area contributed by atoms with Gasteiger partial charge in [-0.3, -0.25) is 9.89 Å². The van der Waals surface area contributed by atoms with Crippen molar-refractivity contribution in [2.45, 2.75) is 58.3 Å². The van der Waals surface area contributed by atoms with Gasteiger partial charge in [0, 0.05) is 39.6 Å². The van der Waals surface area contributed by atoms with Gasteiger partial charge in [0.1, 0.15) is 18.7 Å². The summed E-state index contributed by atoms with van der Waals surface area (Å²) in [4.78, 5) is 24.9.